The van der Waals surface area contributed by atoms with Crippen LogP contribution in [-0.2, 0) is 10.0 Å². The molecule has 1 N–H and O–H groups in total. The number of amides is 1. The molecule has 0 aliphatic carbocycles. The zero-order valence-electron chi connectivity index (χ0n) is 16.2. The first kappa shape index (κ1) is 22.0. The van der Waals surface area contributed by atoms with Crippen LogP contribution in [0.2, 0.25) is 5.02 Å². The SMILES string of the molecule is CCOc1ccc(OCC)c(NC(=O)c2cc(S(=O)(=O)N(C)C)ccc2Cl)c1. The predicted octanol–water partition coefficient (Wildman–Crippen LogP) is 3.64. The molecule has 7 nitrogen and oxygen atoms in total. The van der Waals surface area contributed by atoms with E-state index >= 15 is 0 Å². The summed E-state index contributed by atoms with van der Waals surface area (Å²) < 4.78 is 36.8. The number of carbonyl (C=O) groups is 1. The van der Waals surface area contributed by atoms with E-state index in [4.69, 9.17) is 21.1 Å². The first-order valence-electron chi connectivity index (χ1n) is 8.63. The van der Waals surface area contributed by atoms with Gasteiger partial charge in [0.25, 0.3) is 5.91 Å². The normalized spacial score (nSPS) is 11.4. The Labute approximate surface area is 170 Å². The third-order valence-electron chi connectivity index (χ3n) is 3.77. The number of rotatable bonds is 8. The van der Waals surface area contributed by atoms with Gasteiger partial charge in [-0.1, -0.05) is 11.6 Å². The molecule has 1 amide bonds. The smallest absolute Gasteiger partial charge is 0.257 e. The van der Waals surface area contributed by atoms with Crippen molar-refractivity contribution in [1.29, 1.82) is 0 Å². The van der Waals surface area contributed by atoms with Crippen molar-refractivity contribution in [2.75, 3.05) is 32.6 Å². The lowest BCUT2D eigenvalue weighted by Gasteiger charge is -2.15. The van der Waals surface area contributed by atoms with Gasteiger partial charge in [-0.15, -0.1) is 0 Å². The Morgan fingerprint density at radius 2 is 1.75 bits per heavy atom. The lowest BCUT2D eigenvalue weighted by Crippen LogP contribution is -2.23. The molecule has 2 aromatic carbocycles. The van der Waals surface area contributed by atoms with E-state index in [0.717, 1.165) is 4.31 Å². The van der Waals surface area contributed by atoms with Crippen molar-refractivity contribution in [3.8, 4) is 11.5 Å². The number of hydrogen-bond acceptors (Lipinski definition) is 5. The summed E-state index contributed by atoms with van der Waals surface area (Å²) >= 11 is 6.14. The summed E-state index contributed by atoms with van der Waals surface area (Å²) in [7, 11) is -0.875. The van der Waals surface area contributed by atoms with E-state index < -0.39 is 15.9 Å². The first-order valence-corrected chi connectivity index (χ1v) is 10.5. The van der Waals surface area contributed by atoms with E-state index in [1.54, 1.807) is 18.2 Å². The number of benzene rings is 2. The summed E-state index contributed by atoms with van der Waals surface area (Å²) in [5, 5.41) is 2.86. The highest BCUT2D eigenvalue weighted by Crippen LogP contribution is 2.31. The van der Waals surface area contributed by atoms with E-state index in [9.17, 15) is 13.2 Å². The number of nitrogens with one attached hydrogen (secondary N) is 1. The van der Waals surface area contributed by atoms with E-state index in [2.05, 4.69) is 5.32 Å². The van der Waals surface area contributed by atoms with E-state index in [1.807, 2.05) is 13.8 Å². The molecule has 0 fully saturated rings. The maximum atomic E-state index is 12.8. The molecule has 9 heteroatoms. The molecule has 2 aromatic rings. The second-order valence-corrected chi connectivity index (χ2v) is 8.47. The maximum absolute atomic E-state index is 12.8. The Balaban J connectivity index is 2.41. The van der Waals surface area contributed by atoms with Crippen molar-refractivity contribution in [3.63, 3.8) is 0 Å². The third kappa shape index (κ3) is 4.95. The topological polar surface area (TPSA) is 84.9 Å². The molecule has 0 spiro atoms. The van der Waals surface area contributed by atoms with Gasteiger partial charge in [0, 0.05) is 20.2 Å². The second kappa shape index (κ2) is 9.27. The molecule has 0 aromatic heterocycles. The van der Waals surface area contributed by atoms with Gasteiger partial charge in [0.05, 0.1) is 34.4 Å². The molecule has 28 heavy (non-hydrogen) atoms. The van der Waals surface area contributed by atoms with Gasteiger partial charge in [0.15, 0.2) is 0 Å². The van der Waals surface area contributed by atoms with E-state index in [-0.39, 0.29) is 15.5 Å². The van der Waals surface area contributed by atoms with Crippen LogP contribution < -0.4 is 14.8 Å². The zero-order chi connectivity index (χ0) is 20.9. The van der Waals surface area contributed by atoms with Crippen molar-refractivity contribution < 1.29 is 22.7 Å². The molecule has 0 radical (unpaired) electrons. The number of halogens is 1. The van der Waals surface area contributed by atoms with Crippen molar-refractivity contribution >= 4 is 33.2 Å². The third-order valence-corrected chi connectivity index (χ3v) is 5.91. The predicted molar refractivity (Wildman–Crippen MR) is 109 cm³/mol. The van der Waals surface area contributed by atoms with Crippen LogP contribution in [0.15, 0.2) is 41.3 Å². The largest absolute Gasteiger partial charge is 0.494 e. The standard InChI is InChI=1S/C19H23ClN2O5S/c1-5-26-13-7-10-18(27-6-2)17(11-13)21-19(23)15-12-14(8-9-16(15)20)28(24,25)22(3)4/h7-12H,5-6H2,1-4H3,(H,21,23). The van der Waals surface area contributed by atoms with Gasteiger partial charge in [0.2, 0.25) is 10.0 Å². The van der Waals surface area contributed by atoms with Crippen LogP contribution in [0.25, 0.3) is 0 Å². The number of nitrogens with zero attached hydrogens (tertiary/aromatic N) is 1. The molecule has 0 aliphatic heterocycles. The number of ether oxygens (including phenoxy) is 2. The van der Waals surface area contributed by atoms with Crippen molar-refractivity contribution in [2.45, 2.75) is 18.7 Å². The maximum Gasteiger partial charge on any atom is 0.257 e. The van der Waals surface area contributed by atoms with Gasteiger partial charge < -0.3 is 14.8 Å². The summed E-state index contributed by atoms with van der Waals surface area (Å²) in [6.45, 7) is 4.56. The lowest BCUT2D eigenvalue weighted by molar-refractivity contribution is 0.102. The van der Waals surface area contributed by atoms with Crippen molar-refractivity contribution in [1.82, 2.24) is 4.31 Å². The Morgan fingerprint density at radius 3 is 2.36 bits per heavy atom. The summed E-state index contributed by atoms with van der Waals surface area (Å²) in [5.41, 5.74) is 0.434. The molecule has 0 saturated heterocycles. The average molecular weight is 427 g/mol. The fourth-order valence-corrected chi connectivity index (χ4v) is 3.52. The van der Waals surface area contributed by atoms with Crippen LogP contribution in [0.3, 0.4) is 0 Å². The molecule has 152 valence electrons. The van der Waals surface area contributed by atoms with Crippen LogP contribution in [0.4, 0.5) is 5.69 Å². The fourth-order valence-electron chi connectivity index (χ4n) is 2.38. The first-order chi connectivity index (χ1) is 13.2. The molecule has 0 unspecified atom stereocenters. The number of carbonyl (C=O) groups excluding carboxylic acids is 1. The van der Waals surface area contributed by atoms with Gasteiger partial charge in [-0.2, -0.15) is 0 Å². The van der Waals surface area contributed by atoms with Crippen molar-refractivity contribution in [3.05, 3.63) is 47.0 Å². The Kier molecular flexibility index (Phi) is 7.29. The highest BCUT2D eigenvalue weighted by atomic mass is 35.5. The fraction of sp³-hybridized carbons (Fsp3) is 0.316. The van der Waals surface area contributed by atoms with Gasteiger partial charge in [0.1, 0.15) is 11.5 Å². The minimum absolute atomic E-state index is 0.0276. The molecule has 0 heterocycles. The molecule has 0 atom stereocenters. The lowest BCUT2D eigenvalue weighted by atomic mass is 10.2. The highest BCUT2D eigenvalue weighted by Gasteiger charge is 2.21. The molecule has 0 saturated carbocycles. The summed E-state index contributed by atoms with van der Waals surface area (Å²) in [6.07, 6.45) is 0. The summed E-state index contributed by atoms with van der Waals surface area (Å²) in [4.78, 5) is 12.8. The molecular formula is C19H23ClN2O5S. The van der Waals surface area contributed by atoms with Crippen molar-refractivity contribution in [2.24, 2.45) is 0 Å². The van der Waals surface area contributed by atoms with Crippen LogP contribution in [0, 0.1) is 0 Å². The second-order valence-electron chi connectivity index (χ2n) is 5.91. The molecule has 0 aliphatic rings. The molecular weight excluding hydrogens is 404 g/mol. The minimum atomic E-state index is -3.70. The Bertz CT molecular complexity index is 961. The summed E-state index contributed by atoms with van der Waals surface area (Å²) in [6, 6.07) is 9.06. The van der Waals surface area contributed by atoms with Gasteiger partial charge in [-0.25, -0.2) is 12.7 Å². The molecule has 0 bridgehead atoms. The van der Waals surface area contributed by atoms with Gasteiger partial charge >= 0.3 is 0 Å². The van der Waals surface area contributed by atoms with E-state index in [1.165, 1.54) is 32.3 Å². The Hall–Kier alpha value is -2.29. The summed E-state index contributed by atoms with van der Waals surface area (Å²) in [5.74, 6) is 0.471. The average Bonchev–Trinajstić information content (AvgIpc) is 2.64. The molecule has 2 rings (SSSR count). The van der Waals surface area contributed by atoms with E-state index in [0.29, 0.717) is 30.4 Å². The minimum Gasteiger partial charge on any atom is -0.494 e. The van der Waals surface area contributed by atoms with Crippen LogP contribution in [-0.4, -0.2) is 45.9 Å². The number of sulfonamides is 1. The zero-order valence-corrected chi connectivity index (χ0v) is 17.7. The van der Waals surface area contributed by atoms with Crippen LogP contribution >= 0.6 is 11.6 Å². The van der Waals surface area contributed by atoms with Gasteiger partial charge in [-0.05, 0) is 44.2 Å². The number of hydrogen-bond donors (Lipinski definition) is 1. The Morgan fingerprint density at radius 1 is 1.07 bits per heavy atom. The van der Waals surface area contributed by atoms with Crippen LogP contribution in [0.5, 0.6) is 11.5 Å². The monoisotopic (exact) mass is 426 g/mol. The quantitative estimate of drug-likeness (QED) is 0.696. The van der Waals surface area contributed by atoms with Crippen LogP contribution in [0.1, 0.15) is 24.2 Å². The number of anilines is 1. The highest BCUT2D eigenvalue weighted by molar-refractivity contribution is 7.89. The van der Waals surface area contributed by atoms with Gasteiger partial charge in [-0.3, -0.25) is 4.79 Å².